The zero-order chi connectivity index (χ0) is 27.0. The second-order valence-electron chi connectivity index (χ2n) is 10.2. The first kappa shape index (κ1) is 25.3. The van der Waals surface area contributed by atoms with Crippen molar-refractivity contribution < 1.29 is 13.2 Å². The first-order valence-electron chi connectivity index (χ1n) is 13.1. The SMILES string of the molecule is Nc1ccc(S(=O)(=O)Nc2ccc(C(=O)N3CCN(CC4CC4)CC3)cn2)c(-c2cccc3cccnc23)c1. The molecule has 2 aliphatic rings. The molecule has 3 heterocycles. The lowest BCUT2D eigenvalue weighted by Gasteiger charge is -2.34. The van der Waals surface area contributed by atoms with Crippen LogP contribution in [0.5, 0.6) is 0 Å². The molecule has 3 N–H and O–H groups in total. The lowest BCUT2D eigenvalue weighted by atomic mass is 10.0. The number of sulfonamides is 1. The summed E-state index contributed by atoms with van der Waals surface area (Å²) >= 11 is 0. The van der Waals surface area contributed by atoms with Gasteiger partial charge in [0.15, 0.2) is 0 Å². The minimum absolute atomic E-state index is 0.0564. The van der Waals surface area contributed by atoms with Gasteiger partial charge in [-0.05, 0) is 55.2 Å². The predicted octanol–water partition coefficient (Wildman–Crippen LogP) is 3.85. The van der Waals surface area contributed by atoms with Gasteiger partial charge in [0.05, 0.1) is 16.0 Å². The number of nitrogen functional groups attached to an aromatic ring is 1. The number of fused-ring (bicyclic) bond motifs is 1. The van der Waals surface area contributed by atoms with E-state index < -0.39 is 10.0 Å². The molecule has 0 unspecified atom stereocenters. The van der Waals surface area contributed by atoms with Gasteiger partial charge in [-0.15, -0.1) is 0 Å². The number of amides is 1. The Morgan fingerprint density at radius 2 is 1.74 bits per heavy atom. The van der Waals surface area contributed by atoms with Crippen LogP contribution in [0.25, 0.3) is 22.0 Å². The molecule has 4 aromatic rings. The first-order chi connectivity index (χ1) is 18.9. The molecular formula is C29H30N6O3S. The molecule has 0 atom stereocenters. The van der Waals surface area contributed by atoms with Crippen LogP contribution in [0.15, 0.2) is 78.0 Å². The zero-order valence-corrected chi connectivity index (χ0v) is 22.3. The van der Waals surface area contributed by atoms with Crippen LogP contribution in [0.3, 0.4) is 0 Å². The smallest absolute Gasteiger partial charge is 0.263 e. The summed E-state index contributed by atoms with van der Waals surface area (Å²) in [6.45, 7) is 4.25. The Bertz CT molecular complexity index is 1620. The number of nitrogens with one attached hydrogen (secondary N) is 1. The van der Waals surface area contributed by atoms with Crippen molar-refractivity contribution in [3.05, 3.63) is 78.6 Å². The fraction of sp³-hybridized carbons (Fsp3) is 0.276. The summed E-state index contributed by atoms with van der Waals surface area (Å²) in [5.74, 6) is 0.868. The van der Waals surface area contributed by atoms with E-state index in [1.165, 1.54) is 31.2 Å². The molecule has 0 radical (unpaired) electrons. The number of carbonyl (C=O) groups is 1. The van der Waals surface area contributed by atoms with Gasteiger partial charge in [-0.1, -0.05) is 24.3 Å². The lowest BCUT2D eigenvalue weighted by molar-refractivity contribution is 0.0631. The number of hydrogen-bond donors (Lipinski definition) is 2. The predicted molar refractivity (Wildman–Crippen MR) is 152 cm³/mol. The molecule has 1 saturated heterocycles. The normalized spacial score (nSPS) is 16.4. The van der Waals surface area contributed by atoms with Crippen molar-refractivity contribution in [3.8, 4) is 11.1 Å². The summed E-state index contributed by atoms with van der Waals surface area (Å²) in [5.41, 5.74) is 8.71. The van der Waals surface area contributed by atoms with Crippen LogP contribution in [0, 0.1) is 5.92 Å². The number of para-hydroxylation sites is 1. The fourth-order valence-corrected chi connectivity index (χ4v) is 6.28. The molecule has 1 amide bonds. The Kier molecular flexibility index (Phi) is 6.66. The van der Waals surface area contributed by atoms with Crippen LogP contribution in [0.2, 0.25) is 0 Å². The standard InChI is InChI=1S/C29H30N6O3S/c30-23-9-10-26(25(17-23)24-5-1-3-21-4-2-12-31-28(21)24)39(37,38)33-27-11-8-22(18-32-27)29(36)35-15-13-34(14-16-35)19-20-6-7-20/h1-5,8-12,17-18,20H,6-7,13-16,19,30H2,(H,32,33). The van der Waals surface area contributed by atoms with Gasteiger partial charge in [0.2, 0.25) is 0 Å². The average molecular weight is 543 g/mol. The topological polar surface area (TPSA) is 122 Å². The number of nitrogens with zero attached hydrogens (tertiary/aromatic N) is 4. The summed E-state index contributed by atoms with van der Waals surface area (Å²) in [4.78, 5) is 26.1. The quantitative estimate of drug-likeness (QED) is 0.340. The highest BCUT2D eigenvalue weighted by atomic mass is 32.2. The first-order valence-corrected chi connectivity index (χ1v) is 14.6. The van der Waals surface area contributed by atoms with Gasteiger partial charge in [-0.25, -0.2) is 13.4 Å². The second-order valence-corrected chi connectivity index (χ2v) is 11.9. The summed E-state index contributed by atoms with van der Waals surface area (Å²) in [6, 6.07) is 17.2. The van der Waals surface area contributed by atoms with E-state index >= 15 is 0 Å². The largest absolute Gasteiger partial charge is 0.399 e. The number of anilines is 2. The molecule has 2 aromatic heterocycles. The minimum Gasteiger partial charge on any atom is -0.399 e. The summed E-state index contributed by atoms with van der Waals surface area (Å²) in [5, 5.41) is 0.889. The number of piperazine rings is 1. The summed E-state index contributed by atoms with van der Waals surface area (Å²) in [6.07, 6.45) is 5.74. The molecule has 1 aliphatic carbocycles. The molecular weight excluding hydrogens is 512 g/mol. The third-order valence-electron chi connectivity index (χ3n) is 7.34. The monoisotopic (exact) mass is 542 g/mol. The second kappa shape index (κ2) is 10.3. The van der Waals surface area contributed by atoms with Crippen LogP contribution in [-0.4, -0.2) is 66.8 Å². The van der Waals surface area contributed by atoms with Gasteiger partial charge in [0, 0.05) is 67.3 Å². The number of aromatic nitrogens is 2. The van der Waals surface area contributed by atoms with Crippen LogP contribution < -0.4 is 10.5 Å². The third-order valence-corrected chi connectivity index (χ3v) is 8.75. The third kappa shape index (κ3) is 5.43. The van der Waals surface area contributed by atoms with Crippen molar-refractivity contribution in [3.63, 3.8) is 0 Å². The number of hydrogen-bond acceptors (Lipinski definition) is 7. The van der Waals surface area contributed by atoms with Gasteiger partial charge in [-0.3, -0.25) is 19.4 Å². The maximum Gasteiger partial charge on any atom is 0.263 e. The van der Waals surface area contributed by atoms with Crippen molar-refractivity contribution in [1.29, 1.82) is 0 Å². The molecule has 200 valence electrons. The Balaban J connectivity index is 1.20. The van der Waals surface area contributed by atoms with E-state index in [0.717, 1.165) is 30.9 Å². The molecule has 0 bridgehead atoms. The number of carbonyl (C=O) groups excluding carboxylic acids is 1. The van der Waals surface area contributed by atoms with Gasteiger partial charge in [0.25, 0.3) is 15.9 Å². The highest BCUT2D eigenvalue weighted by molar-refractivity contribution is 7.92. The van der Waals surface area contributed by atoms with E-state index in [2.05, 4.69) is 19.6 Å². The van der Waals surface area contributed by atoms with Crippen molar-refractivity contribution in [2.45, 2.75) is 17.7 Å². The van der Waals surface area contributed by atoms with E-state index in [0.29, 0.717) is 41.0 Å². The number of rotatable bonds is 7. The molecule has 2 aromatic carbocycles. The van der Waals surface area contributed by atoms with Crippen molar-refractivity contribution in [2.24, 2.45) is 5.92 Å². The average Bonchev–Trinajstić information content (AvgIpc) is 3.77. The van der Waals surface area contributed by atoms with Gasteiger partial charge < -0.3 is 10.6 Å². The van der Waals surface area contributed by atoms with Crippen molar-refractivity contribution in [2.75, 3.05) is 43.2 Å². The Hall–Kier alpha value is -4.02. The molecule has 6 rings (SSSR count). The number of pyridine rings is 2. The minimum atomic E-state index is -4.04. The van der Waals surface area contributed by atoms with Crippen LogP contribution in [-0.2, 0) is 10.0 Å². The molecule has 1 saturated carbocycles. The summed E-state index contributed by atoms with van der Waals surface area (Å²) in [7, 11) is -4.04. The lowest BCUT2D eigenvalue weighted by Crippen LogP contribution is -2.49. The van der Waals surface area contributed by atoms with E-state index in [9.17, 15) is 13.2 Å². The molecule has 10 heteroatoms. The number of nitrogens with two attached hydrogens (primary N) is 1. The molecule has 1 aliphatic heterocycles. The van der Waals surface area contributed by atoms with Crippen molar-refractivity contribution in [1.82, 2.24) is 19.8 Å². The van der Waals surface area contributed by atoms with Crippen molar-refractivity contribution >= 4 is 38.3 Å². The zero-order valence-electron chi connectivity index (χ0n) is 21.5. The van der Waals surface area contributed by atoms with Gasteiger partial charge in [0.1, 0.15) is 5.82 Å². The highest BCUT2D eigenvalue weighted by Gasteiger charge is 2.28. The van der Waals surface area contributed by atoms with E-state index in [4.69, 9.17) is 5.73 Å². The fourth-order valence-electron chi connectivity index (χ4n) is 5.07. The maximum atomic E-state index is 13.5. The van der Waals surface area contributed by atoms with Gasteiger partial charge >= 0.3 is 0 Å². The summed E-state index contributed by atoms with van der Waals surface area (Å²) < 4.78 is 29.6. The van der Waals surface area contributed by atoms with Crippen LogP contribution in [0.4, 0.5) is 11.5 Å². The highest BCUT2D eigenvalue weighted by Crippen LogP contribution is 2.34. The van der Waals surface area contributed by atoms with Gasteiger partial charge in [-0.2, -0.15) is 0 Å². The van der Waals surface area contributed by atoms with Crippen LogP contribution >= 0.6 is 0 Å². The molecule has 2 fully saturated rings. The Morgan fingerprint density at radius 3 is 2.49 bits per heavy atom. The van der Waals surface area contributed by atoms with Crippen LogP contribution in [0.1, 0.15) is 23.2 Å². The Morgan fingerprint density at radius 1 is 0.949 bits per heavy atom. The van der Waals surface area contributed by atoms with E-state index in [1.807, 2.05) is 35.2 Å². The molecule has 0 spiro atoms. The number of benzene rings is 2. The Labute approximate surface area is 227 Å². The van der Waals surface area contributed by atoms with E-state index in [-0.39, 0.29) is 16.6 Å². The molecule has 9 nitrogen and oxygen atoms in total. The maximum absolute atomic E-state index is 13.5. The van der Waals surface area contributed by atoms with E-state index in [1.54, 1.807) is 24.4 Å². The molecule has 39 heavy (non-hydrogen) atoms.